The van der Waals surface area contributed by atoms with Gasteiger partial charge in [-0.3, -0.25) is 9.89 Å². The number of H-pyrrole nitrogens is 1. The Morgan fingerprint density at radius 2 is 2.19 bits per heavy atom. The molecule has 1 aliphatic rings. The predicted octanol–water partition coefficient (Wildman–Crippen LogP) is 2.20. The number of benzene rings is 1. The zero-order valence-corrected chi connectivity index (χ0v) is 11.4. The second kappa shape index (κ2) is 6.05. The zero-order valence-electron chi connectivity index (χ0n) is 11.4. The van der Waals surface area contributed by atoms with Crippen LogP contribution in [0.1, 0.15) is 34.9 Å². The van der Waals surface area contributed by atoms with Crippen molar-refractivity contribution >= 4 is 5.91 Å². The Kier molecular flexibility index (Phi) is 3.96. The molecule has 1 aliphatic heterocycles. The number of amides is 1. The largest absolute Gasteiger partial charge is 0.376 e. The number of carbonyl (C=O) groups excluding carboxylic acids is 1. The van der Waals surface area contributed by atoms with Crippen molar-refractivity contribution in [1.29, 1.82) is 0 Å². The highest BCUT2D eigenvalue weighted by Crippen LogP contribution is 2.27. The first-order valence-electron chi connectivity index (χ1n) is 6.91. The van der Waals surface area contributed by atoms with Gasteiger partial charge in [-0.2, -0.15) is 5.10 Å². The van der Waals surface area contributed by atoms with Gasteiger partial charge < -0.3 is 10.1 Å². The lowest BCUT2D eigenvalue weighted by Crippen LogP contribution is -2.36. The third kappa shape index (κ3) is 3.11. The number of hydrogen-bond acceptors (Lipinski definition) is 3. The van der Waals surface area contributed by atoms with Gasteiger partial charge in [0.05, 0.1) is 12.1 Å². The molecular formula is C15H16FN3O2. The van der Waals surface area contributed by atoms with Crippen LogP contribution in [0.5, 0.6) is 0 Å². The van der Waals surface area contributed by atoms with Gasteiger partial charge in [0.25, 0.3) is 5.91 Å². The first-order valence-corrected chi connectivity index (χ1v) is 6.91. The van der Waals surface area contributed by atoms with E-state index < -0.39 is 0 Å². The van der Waals surface area contributed by atoms with E-state index in [4.69, 9.17) is 4.74 Å². The van der Waals surface area contributed by atoms with Crippen LogP contribution in [-0.4, -0.2) is 28.8 Å². The first kappa shape index (κ1) is 13.8. The summed E-state index contributed by atoms with van der Waals surface area (Å²) in [5.74, 6) is -0.554. The average Bonchev–Trinajstić information content (AvgIpc) is 3.19. The fraction of sp³-hybridized carbons (Fsp3) is 0.333. The number of halogens is 1. The van der Waals surface area contributed by atoms with Crippen molar-refractivity contribution in [3.63, 3.8) is 0 Å². The van der Waals surface area contributed by atoms with Crippen molar-refractivity contribution in [3.8, 4) is 0 Å². The average molecular weight is 289 g/mol. The van der Waals surface area contributed by atoms with E-state index in [0.717, 1.165) is 18.4 Å². The molecule has 0 spiro atoms. The van der Waals surface area contributed by atoms with E-state index in [1.165, 1.54) is 18.3 Å². The van der Waals surface area contributed by atoms with Gasteiger partial charge in [0.2, 0.25) is 0 Å². The van der Waals surface area contributed by atoms with E-state index in [0.29, 0.717) is 12.3 Å². The molecule has 0 radical (unpaired) electrons. The lowest BCUT2D eigenvalue weighted by Gasteiger charge is -2.24. The van der Waals surface area contributed by atoms with E-state index in [9.17, 15) is 9.18 Å². The van der Waals surface area contributed by atoms with Crippen molar-refractivity contribution in [2.45, 2.75) is 25.0 Å². The fourth-order valence-corrected chi connectivity index (χ4v) is 2.53. The van der Waals surface area contributed by atoms with Gasteiger partial charge in [-0.1, -0.05) is 12.1 Å². The molecule has 0 saturated carbocycles. The minimum Gasteiger partial charge on any atom is -0.376 e. The number of nitrogens with zero attached hydrogens (tertiary/aromatic N) is 1. The van der Waals surface area contributed by atoms with Crippen molar-refractivity contribution < 1.29 is 13.9 Å². The van der Waals surface area contributed by atoms with E-state index in [1.54, 1.807) is 18.2 Å². The molecule has 1 fully saturated rings. The summed E-state index contributed by atoms with van der Waals surface area (Å²) >= 11 is 0. The molecule has 21 heavy (non-hydrogen) atoms. The summed E-state index contributed by atoms with van der Waals surface area (Å²) in [6.07, 6.45) is 3.25. The Morgan fingerprint density at radius 3 is 2.81 bits per heavy atom. The molecule has 110 valence electrons. The Balaban J connectivity index is 1.82. The van der Waals surface area contributed by atoms with Gasteiger partial charge in [0, 0.05) is 12.8 Å². The second-order valence-corrected chi connectivity index (χ2v) is 5.02. The molecule has 2 heterocycles. The molecule has 6 heteroatoms. The molecular weight excluding hydrogens is 273 g/mol. The lowest BCUT2D eigenvalue weighted by molar-refractivity contribution is 0.0669. The number of ether oxygens (including phenoxy) is 1. The van der Waals surface area contributed by atoms with Crippen LogP contribution in [0.4, 0.5) is 4.39 Å². The summed E-state index contributed by atoms with van der Waals surface area (Å²) in [7, 11) is 0. The predicted molar refractivity (Wildman–Crippen MR) is 74.2 cm³/mol. The number of aromatic amines is 1. The molecule has 0 aliphatic carbocycles. The summed E-state index contributed by atoms with van der Waals surface area (Å²) in [5, 5.41) is 9.34. The van der Waals surface area contributed by atoms with E-state index in [1.807, 2.05) is 0 Å². The third-order valence-corrected chi connectivity index (χ3v) is 3.60. The topological polar surface area (TPSA) is 67.0 Å². The molecule has 1 amide bonds. The quantitative estimate of drug-likeness (QED) is 0.906. The SMILES string of the molecule is O=C(N[C@@H](c1ccc(F)cc1)[C@H]1CCCO1)c1ccn[nH]1. The Bertz CT molecular complexity index is 592. The highest BCUT2D eigenvalue weighted by atomic mass is 19.1. The monoisotopic (exact) mass is 289 g/mol. The van der Waals surface area contributed by atoms with Gasteiger partial charge in [-0.25, -0.2) is 4.39 Å². The highest BCUT2D eigenvalue weighted by Gasteiger charge is 2.29. The maximum atomic E-state index is 13.1. The van der Waals surface area contributed by atoms with Crippen LogP contribution in [-0.2, 0) is 4.74 Å². The van der Waals surface area contributed by atoms with Crippen LogP contribution in [0.25, 0.3) is 0 Å². The lowest BCUT2D eigenvalue weighted by atomic mass is 9.99. The van der Waals surface area contributed by atoms with Gasteiger partial charge in [0.15, 0.2) is 0 Å². The molecule has 1 aromatic heterocycles. The molecule has 3 rings (SSSR count). The van der Waals surface area contributed by atoms with E-state index in [2.05, 4.69) is 15.5 Å². The van der Waals surface area contributed by atoms with Crippen LogP contribution >= 0.6 is 0 Å². The molecule has 0 unspecified atom stereocenters. The summed E-state index contributed by atoms with van der Waals surface area (Å²) in [5.41, 5.74) is 1.22. The minimum atomic E-state index is -0.302. The van der Waals surface area contributed by atoms with Crippen molar-refractivity contribution in [2.75, 3.05) is 6.61 Å². The Hall–Kier alpha value is -2.21. The number of rotatable bonds is 4. The Labute approximate surface area is 121 Å². The number of aromatic nitrogens is 2. The molecule has 2 atom stereocenters. The van der Waals surface area contributed by atoms with E-state index in [-0.39, 0.29) is 23.9 Å². The van der Waals surface area contributed by atoms with Gasteiger partial charge in [0.1, 0.15) is 11.5 Å². The highest BCUT2D eigenvalue weighted by molar-refractivity contribution is 5.92. The van der Waals surface area contributed by atoms with Crippen LogP contribution in [0, 0.1) is 5.82 Å². The van der Waals surface area contributed by atoms with Crippen LogP contribution in [0.2, 0.25) is 0 Å². The Morgan fingerprint density at radius 1 is 1.38 bits per heavy atom. The fourth-order valence-electron chi connectivity index (χ4n) is 2.53. The molecule has 1 aromatic carbocycles. The molecule has 0 bridgehead atoms. The smallest absolute Gasteiger partial charge is 0.269 e. The third-order valence-electron chi connectivity index (χ3n) is 3.60. The van der Waals surface area contributed by atoms with Crippen molar-refractivity contribution in [1.82, 2.24) is 15.5 Å². The minimum absolute atomic E-state index is 0.0951. The maximum Gasteiger partial charge on any atom is 0.269 e. The number of hydrogen-bond donors (Lipinski definition) is 2. The standard InChI is InChI=1S/C15H16FN3O2/c16-11-5-3-10(4-6-11)14(13-2-1-9-21-13)18-15(20)12-7-8-17-19-12/h3-8,13-14H,1-2,9H2,(H,17,19)(H,18,20)/t13-,14+/m1/s1. The first-order chi connectivity index (χ1) is 10.2. The van der Waals surface area contributed by atoms with Gasteiger partial charge in [-0.15, -0.1) is 0 Å². The van der Waals surface area contributed by atoms with Crippen LogP contribution in [0.3, 0.4) is 0 Å². The summed E-state index contributed by atoms with van der Waals surface area (Å²) in [4.78, 5) is 12.2. The van der Waals surface area contributed by atoms with Crippen molar-refractivity contribution in [3.05, 3.63) is 53.6 Å². The maximum absolute atomic E-state index is 13.1. The molecule has 2 N–H and O–H groups in total. The number of carbonyl (C=O) groups is 1. The molecule has 5 nitrogen and oxygen atoms in total. The van der Waals surface area contributed by atoms with Crippen LogP contribution < -0.4 is 5.32 Å². The van der Waals surface area contributed by atoms with Gasteiger partial charge >= 0.3 is 0 Å². The molecule has 1 saturated heterocycles. The van der Waals surface area contributed by atoms with E-state index >= 15 is 0 Å². The van der Waals surface area contributed by atoms with Crippen LogP contribution in [0.15, 0.2) is 36.5 Å². The van der Waals surface area contributed by atoms with Gasteiger partial charge in [-0.05, 0) is 36.6 Å². The second-order valence-electron chi connectivity index (χ2n) is 5.02. The molecule has 2 aromatic rings. The number of nitrogens with one attached hydrogen (secondary N) is 2. The summed E-state index contributed by atoms with van der Waals surface area (Å²) in [6.45, 7) is 0.683. The summed E-state index contributed by atoms with van der Waals surface area (Å²) in [6, 6.07) is 7.43. The van der Waals surface area contributed by atoms with Crippen molar-refractivity contribution in [2.24, 2.45) is 0 Å². The zero-order chi connectivity index (χ0) is 14.7. The normalized spacial score (nSPS) is 19.4. The summed E-state index contributed by atoms with van der Waals surface area (Å²) < 4.78 is 18.8.